The molecule has 5 heteroatoms. The van der Waals surface area contributed by atoms with Crippen molar-refractivity contribution in [1.29, 1.82) is 0 Å². The van der Waals surface area contributed by atoms with E-state index in [0.29, 0.717) is 5.57 Å². The number of methoxy groups -OCH3 is 1. The molecule has 1 aliphatic rings. The molecule has 0 amide bonds. The molecule has 0 spiro atoms. The molecule has 2 atom stereocenters. The fourth-order valence-corrected chi connectivity index (χ4v) is 1.81. The Morgan fingerprint density at radius 3 is 2.50 bits per heavy atom. The van der Waals surface area contributed by atoms with Crippen molar-refractivity contribution in [3.63, 3.8) is 0 Å². The van der Waals surface area contributed by atoms with E-state index < -0.39 is 23.5 Å². The number of aliphatic hydroxyl groups is 1. The molecule has 0 aromatic rings. The van der Waals surface area contributed by atoms with Crippen LogP contribution in [0.4, 0.5) is 0 Å². The van der Waals surface area contributed by atoms with Gasteiger partial charge in [-0.25, -0.2) is 4.79 Å². The highest BCUT2D eigenvalue weighted by molar-refractivity contribution is 6.22. The van der Waals surface area contributed by atoms with E-state index in [1.165, 1.54) is 21.0 Å². The number of ketones is 1. The molecule has 90 valence electrons. The number of ether oxygens (including phenoxy) is 2. The molecule has 0 aromatic heterocycles. The number of Topliss-reactive ketones (excluding diaryl/α,β-unsaturated/α-hetero) is 1. The first kappa shape index (κ1) is 12.9. The number of rotatable bonds is 3. The number of carbonyl (C=O) groups is 2. The molecule has 5 nitrogen and oxygen atoms in total. The molecule has 1 rings (SSSR count). The molecule has 16 heavy (non-hydrogen) atoms. The fourth-order valence-electron chi connectivity index (χ4n) is 1.81. The van der Waals surface area contributed by atoms with Gasteiger partial charge in [-0.3, -0.25) is 4.79 Å². The third-order valence-electron chi connectivity index (χ3n) is 2.84. The zero-order valence-electron chi connectivity index (χ0n) is 9.86. The summed E-state index contributed by atoms with van der Waals surface area (Å²) in [7, 11) is 1.32. The second-order valence-electron chi connectivity index (χ2n) is 3.85. The van der Waals surface area contributed by atoms with Gasteiger partial charge in [-0.05, 0) is 26.3 Å². The van der Waals surface area contributed by atoms with Crippen LogP contribution in [0, 0.1) is 0 Å². The Balaban J connectivity index is 3.14. The standard InChI is InChI=1S/C11H16O5/c1-5-16-10(13)7-6(2)11(3,14)9(15-4)8(7)12/h9,14H,5H2,1-4H3/t9-,11-/m0/s1. The number of esters is 1. The van der Waals surface area contributed by atoms with Crippen molar-refractivity contribution in [3.05, 3.63) is 11.1 Å². The van der Waals surface area contributed by atoms with E-state index in [4.69, 9.17) is 9.47 Å². The largest absolute Gasteiger partial charge is 0.462 e. The van der Waals surface area contributed by atoms with Crippen molar-refractivity contribution in [1.82, 2.24) is 0 Å². The van der Waals surface area contributed by atoms with Crippen molar-refractivity contribution in [2.45, 2.75) is 32.5 Å². The van der Waals surface area contributed by atoms with Crippen molar-refractivity contribution in [3.8, 4) is 0 Å². The number of hydrogen-bond acceptors (Lipinski definition) is 5. The average Bonchev–Trinajstić information content (AvgIpc) is 2.34. The first-order valence-corrected chi connectivity index (χ1v) is 5.05. The summed E-state index contributed by atoms with van der Waals surface area (Å²) in [6.45, 7) is 4.81. The van der Waals surface area contributed by atoms with Crippen LogP contribution in [0.5, 0.6) is 0 Å². The van der Waals surface area contributed by atoms with Gasteiger partial charge in [-0.2, -0.15) is 0 Å². The monoisotopic (exact) mass is 228 g/mol. The Morgan fingerprint density at radius 2 is 2.12 bits per heavy atom. The number of carbonyl (C=O) groups excluding carboxylic acids is 2. The summed E-state index contributed by atoms with van der Waals surface area (Å²) < 4.78 is 9.69. The van der Waals surface area contributed by atoms with Crippen LogP contribution >= 0.6 is 0 Å². The third kappa shape index (κ3) is 1.76. The summed E-state index contributed by atoms with van der Waals surface area (Å²) in [4.78, 5) is 23.4. The third-order valence-corrected chi connectivity index (χ3v) is 2.84. The SMILES string of the molecule is CCOC(=O)C1=C(C)[C@](C)(O)[C@@H](OC)C1=O. The second-order valence-corrected chi connectivity index (χ2v) is 3.85. The minimum absolute atomic E-state index is 0.0984. The minimum Gasteiger partial charge on any atom is -0.462 e. The summed E-state index contributed by atoms with van der Waals surface area (Å²) >= 11 is 0. The summed E-state index contributed by atoms with van der Waals surface area (Å²) in [5.74, 6) is -1.23. The van der Waals surface area contributed by atoms with Crippen LogP contribution in [0.25, 0.3) is 0 Å². The van der Waals surface area contributed by atoms with E-state index >= 15 is 0 Å². The molecular weight excluding hydrogens is 212 g/mol. The molecule has 0 aliphatic heterocycles. The van der Waals surface area contributed by atoms with Gasteiger partial charge in [0.1, 0.15) is 11.2 Å². The molecular formula is C11H16O5. The van der Waals surface area contributed by atoms with Gasteiger partial charge < -0.3 is 14.6 Å². The van der Waals surface area contributed by atoms with Gasteiger partial charge in [0.2, 0.25) is 5.78 Å². The van der Waals surface area contributed by atoms with Crippen molar-refractivity contribution < 1.29 is 24.2 Å². The van der Waals surface area contributed by atoms with Gasteiger partial charge in [0.25, 0.3) is 0 Å². The van der Waals surface area contributed by atoms with E-state index in [9.17, 15) is 14.7 Å². The first-order chi connectivity index (χ1) is 7.37. The Morgan fingerprint density at radius 1 is 1.56 bits per heavy atom. The minimum atomic E-state index is -1.45. The zero-order chi connectivity index (χ0) is 12.5. The predicted molar refractivity (Wildman–Crippen MR) is 55.8 cm³/mol. The van der Waals surface area contributed by atoms with Gasteiger partial charge >= 0.3 is 5.97 Å². The van der Waals surface area contributed by atoms with E-state index in [1.807, 2.05) is 0 Å². The van der Waals surface area contributed by atoms with Gasteiger partial charge in [0.05, 0.1) is 6.61 Å². The Bertz CT molecular complexity index is 353. The van der Waals surface area contributed by atoms with Crippen molar-refractivity contribution >= 4 is 11.8 Å². The molecule has 0 aromatic carbocycles. The summed E-state index contributed by atoms with van der Waals surface area (Å²) in [6, 6.07) is 0. The maximum Gasteiger partial charge on any atom is 0.341 e. The zero-order valence-corrected chi connectivity index (χ0v) is 9.86. The van der Waals surface area contributed by atoms with E-state index in [1.54, 1.807) is 6.92 Å². The highest BCUT2D eigenvalue weighted by atomic mass is 16.5. The number of hydrogen-bond donors (Lipinski definition) is 1. The predicted octanol–water partition coefficient (Wildman–Crippen LogP) is 0.215. The molecule has 1 N–H and O–H groups in total. The molecule has 0 heterocycles. The fraction of sp³-hybridized carbons (Fsp3) is 0.636. The highest BCUT2D eigenvalue weighted by Crippen LogP contribution is 2.35. The maximum atomic E-state index is 11.8. The van der Waals surface area contributed by atoms with E-state index in [2.05, 4.69) is 0 Å². The first-order valence-electron chi connectivity index (χ1n) is 5.05. The molecule has 0 saturated heterocycles. The van der Waals surface area contributed by atoms with Gasteiger partial charge in [-0.15, -0.1) is 0 Å². The van der Waals surface area contributed by atoms with Gasteiger partial charge in [0, 0.05) is 7.11 Å². The van der Waals surface area contributed by atoms with E-state index in [0.717, 1.165) is 0 Å². The Hall–Kier alpha value is -1.20. The van der Waals surface area contributed by atoms with Crippen molar-refractivity contribution in [2.75, 3.05) is 13.7 Å². The summed E-state index contributed by atoms with van der Waals surface area (Å²) in [5, 5.41) is 10.1. The smallest absolute Gasteiger partial charge is 0.341 e. The maximum absolute atomic E-state index is 11.8. The summed E-state index contributed by atoms with van der Waals surface area (Å²) in [6.07, 6.45) is -1.04. The second kappa shape index (κ2) is 4.35. The van der Waals surface area contributed by atoms with Crippen LogP contribution in [0.2, 0.25) is 0 Å². The highest BCUT2D eigenvalue weighted by Gasteiger charge is 2.50. The molecule has 0 radical (unpaired) electrons. The average molecular weight is 228 g/mol. The lowest BCUT2D eigenvalue weighted by Gasteiger charge is -2.24. The molecule has 0 unspecified atom stereocenters. The topological polar surface area (TPSA) is 72.8 Å². The van der Waals surface area contributed by atoms with Crippen LogP contribution < -0.4 is 0 Å². The van der Waals surface area contributed by atoms with Crippen LogP contribution in [0.3, 0.4) is 0 Å². The van der Waals surface area contributed by atoms with E-state index in [-0.39, 0.29) is 12.2 Å². The normalized spacial score (nSPS) is 29.8. The Kier molecular flexibility index (Phi) is 3.50. The lowest BCUT2D eigenvalue weighted by molar-refractivity contribution is -0.142. The quantitative estimate of drug-likeness (QED) is 0.552. The summed E-state index contributed by atoms with van der Waals surface area (Å²) in [5.41, 5.74) is -1.25. The molecule has 0 saturated carbocycles. The van der Waals surface area contributed by atoms with Crippen LogP contribution in [0.15, 0.2) is 11.1 Å². The molecule has 0 bridgehead atoms. The van der Waals surface area contributed by atoms with Crippen LogP contribution in [-0.4, -0.2) is 42.3 Å². The molecule has 0 fully saturated rings. The van der Waals surface area contributed by atoms with Crippen LogP contribution in [-0.2, 0) is 19.1 Å². The van der Waals surface area contributed by atoms with Gasteiger partial charge in [0.15, 0.2) is 6.10 Å². The Labute approximate surface area is 94.0 Å². The lowest BCUT2D eigenvalue weighted by Crippen LogP contribution is -2.41. The molecule has 1 aliphatic carbocycles. The van der Waals surface area contributed by atoms with Crippen molar-refractivity contribution in [2.24, 2.45) is 0 Å². The lowest BCUT2D eigenvalue weighted by atomic mass is 9.97. The van der Waals surface area contributed by atoms with Gasteiger partial charge in [-0.1, -0.05) is 0 Å². The van der Waals surface area contributed by atoms with Crippen LogP contribution in [0.1, 0.15) is 20.8 Å².